The van der Waals surface area contributed by atoms with Gasteiger partial charge in [0, 0.05) is 31.6 Å². The first-order valence-electron chi connectivity index (χ1n) is 11.4. The van der Waals surface area contributed by atoms with Crippen molar-refractivity contribution in [2.24, 2.45) is 0 Å². The Balaban J connectivity index is 1.33. The molecular weight excluding hydrogens is 438 g/mol. The van der Waals surface area contributed by atoms with E-state index in [2.05, 4.69) is 10.3 Å². The molecule has 1 aromatic heterocycles. The topological polar surface area (TPSA) is 80.8 Å². The second-order valence-corrected chi connectivity index (χ2v) is 9.02. The average molecular weight is 468 g/mol. The molecule has 1 aliphatic rings. The standard InChI is InChI=1S/C25H29N3O4S/c1-2-31-21-16-18(10-11-20(21)32-17-24(29)28-14-6-3-7-15-28)25(30)26-13-12-23-27-19-8-4-5-9-22(19)33-23/h4-5,8-11,16H,2-3,6-7,12-15,17H2,1H3,(H,26,30). The van der Waals surface area contributed by atoms with Gasteiger partial charge >= 0.3 is 0 Å². The van der Waals surface area contributed by atoms with Gasteiger partial charge in [0.25, 0.3) is 11.8 Å². The van der Waals surface area contributed by atoms with Gasteiger partial charge in [-0.3, -0.25) is 9.59 Å². The summed E-state index contributed by atoms with van der Waals surface area (Å²) in [7, 11) is 0. The van der Waals surface area contributed by atoms with E-state index in [9.17, 15) is 9.59 Å². The number of ether oxygens (including phenoxy) is 2. The van der Waals surface area contributed by atoms with Crippen LogP contribution in [0.1, 0.15) is 41.6 Å². The number of amides is 2. The molecule has 1 N–H and O–H groups in total. The van der Waals surface area contributed by atoms with E-state index < -0.39 is 0 Å². The monoisotopic (exact) mass is 467 g/mol. The summed E-state index contributed by atoms with van der Waals surface area (Å²) >= 11 is 1.64. The van der Waals surface area contributed by atoms with Crippen molar-refractivity contribution in [1.29, 1.82) is 0 Å². The van der Waals surface area contributed by atoms with Crippen LogP contribution in [0.25, 0.3) is 10.2 Å². The molecule has 0 spiro atoms. The summed E-state index contributed by atoms with van der Waals surface area (Å²) in [5.74, 6) is 0.720. The Kier molecular flexibility index (Phi) is 7.78. The normalized spacial score (nSPS) is 13.7. The molecule has 0 saturated carbocycles. The lowest BCUT2D eigenvalue weighted by atomic mass is 10.1. The van der Waals surface area contributed by atoms with Crippen LogP contribution in [0, 0.1) is 0 Å². The van der Waals surface area contributed by atoms with E-state index in [0.717, 1.165) is 41.2 Å². The third-order valence-corrected chi connectivity index (χ3v) is 6.62. The number of hydrogen-bond acceptors (Lipinski definition) is 6. The number of carbonyl (C=O) groups excluding carboxylic acids is 2. The molecular formula is C25H29N3O4S. The number of piperidine rings is 1. The van der Waals surface area contributed by atoms with Crippen LogP contribution in [-0.2, 0) is 11.2 Å². The Morgan fingerprint density at radius 3 is 2.67 bits per heavy atom. The maximum atomic E-state index is 12.7. The van der Waals surface area contributed by atoms with Crippen molar-refractivity contribution in [2.75, 3.05) is 32.8 Å². The average Bonchev–Trinajstić information content (AvgIpc) is 3.26. The molecule has 2 heterocycles. The van der Waals surface area contributed by atoms with Gasteiger partial charge in [-0.1, -0.05) is 12.1 Å². The van der Waals surface area contributed by atoms with Gasteiger partial charge in [0.15, 0.2) is 18.1 Å². The Morgan fingerprint density at radius 2 is 1.88 bits per heavy atom. The van der Waals surface area contributed by atoms with Gasteiger partial charge in [0.2, 0.25) is 0 Å². The first kappa shape index (κ1) is 23.0. The second kappa shape index (κ2) is 11.1. The van der Waals surface area contributed by atoms with Crippen LogP contribution < -0.4 is 14.8 Å². The number of nitrogens with one attached hydrogen (secondary N) is 1. The highest BCUT2D eigenvalue weighted by Gasteiger charge is 2.18. The van der Waals surface area contributed by atoms with Crippen molar-refractivity contribution in [2.45, 2.75) is 32.6 Å². The number of thiazole rings is 1. The molecule has 174 valence electrons. The third-order valence-electron chi connectivity index (χ3n) is 5.53. The summed E-state index contributed by atoms with van der Waals surface area (Å²) in [6.45, 7) is 4.33. The Morgan fingerprint density at radius 1 is 1.06 bits per heavy atom. The number of likely N-dealkylation sites (tertiary alicyclic amines) is 1. The van der Waals surface area contributed by atoms with Crippen molar-refractivity contribution in [3.63, 3.8) is 0 Å². The molecule has 2 amide bonds. The molecule has 0 unspecified atom stereocenters. The number of fused-ring (bicyclic) bond motifs is 1. The fourth-order valence-corrected chi connectivity index (χ4v) is 4.79. The zero-order chi connectivity index (χ0) is 23.0. The molecule has 0 atom stereocenters. The molecule has 0 bridgehead atoms. The third kappa shape index (κ3) is 6.01. The highest BCUT2D eigenvalue weighted by atomic mass is 32.1. The van der Waals surface area contributed by atoms with Crippen molar-refractivity contribution < 1.29 is 19.1 Å². The van der Waals surface area contributed by atoms with Crippen LogP contribution in [0.15, 0.2) is 42.5 Å². The number of benzene rings is 2. The Bertz CT molecular complexity index is 1070. The van der Waals surface area contributed by atoms with Crippen molar-refractivity contribution >= 4 is 33.4 Å². The lowest BCUT2D eigenvalue weighted by Crippen LogP contribution is -2.38. The summed E-state index contributed by atoms with van der Waals surface area (Å²) in [6.07, 6.45) is 3.92. The number of aromatic nitrogens is 1. The Hall–Kier alpha value is -3.13. The molecule has 1 aliphatic heterocycles. The molecule has 2 aromatic carbocycles. The van der Waals surface area contributed by atoms with Gasteiger partial charge in [-0.15, -0.1) is 11.3 Å². The van der Waals surface area contributed by atoms with Gasteiger partial charge < -0.3 is 19.7 Å². The molecule has 8 heteroatoms. The molecule has 3 aromatic rings. The van der Waals surface area contributed by atoms with Gasteiger partial charge in [-0.25, -0.2) is 4.98 Å². The van der Waals surface area contributed by atoms with Gasteiger partial charge in [-0.05, 0) is 56.5 Å². The van der Waals surface area contributed by atoms with Crippen LogP contribution >= 0.6 is 11.3 Å². The predicted molar refractivity (Wildman–Crippen MR) is 129 cm³/mol. The first-order valence-corrected chi connectivity index (χ1v) is 12.3. The molecule has 1 fully saturated rings. The maximum Gasteiger partial charge on any atom is 0.260 e. The van der Waals surface area contributed by atoms with Crippen molar-refractivity contribution in [1.82, 2.24) is 15.2 Å². The number of carbonyl (C=O) groups is 2. The van der Waals surface area contributed by atoms with Crippen LogP contribution in [0.4, 0.5) is 0 Å². The van der Waals surface area contributed by atoms with Gasteiger partial charge in [0.05, 0.1) is 21.8 Å². The molecule has 1 saturated heterocycles. The summed E-state index contributed by atoms with van der Waals surface area (Å²) in [5, 5.41) is 3.94. The summed E-state index contributed by atoms with van der Waals surface area (Å²) < 4.78 is 12.6. The lowest BCUT2D eigenvalue weighted by molar-refractivity contribution is -0.134. The van der Waals surface area contributed by atoms with Gasteiger partial charge in [0.1, 0.15) is 0 Å². The van der Waals surface area contributed by atoms with E-state index >= 15 is 0 Å². The van der Waals surface area contributed by atoms with Crippen LogP contribution in [-0.4, -0.2) is 54.5 Å². The predicted octanol–water partition coefficient (Wildman–Crippen LogP) is 4.06. The maximum absolute atomic E-state index is 12.7. The number of para-hydroxylation sites is 1. The summed E-state index contributed by atoms with van der Waals surface area (Å²) in [4.78, 5) is 31.5. The molecule has 33 heavy (non-hydrogen) atoms. The number of hydrogen-bond donors (Lipinski definition) is 1. The lowest BCUT2D eigenvalue weighted by Gasteiger charge is -2.26. The van der Waals surface area contributed by atoms with E-state index in [1.165, 1.54) is 6.42 Å². The van der Waals surface area contributed by atoms with Gasteiger partial charge in [-0.2, -0.15) is 0 Å². The second-order valence-electron chi connectivity index (χ2n) is 7.91. The van der Waals surface area contributed by atoms with E-state index in [0.29, 0.717) is 36.6 Å². The zero-order valence-corrected chi connectivity index (χ0v) is 19.7. The molecule has 0 aliphatic carbocycles. The van der Waals surface area contributed by atoms with E-state index in [-0.39, 0.29) is 18.4 Å². The molecule has 0 radical (unpaired) electrons. The van der Waals surface area contributed by atoms with Crippen LogP contribution in [0.2, 0.25) is 0 Å². The minimum atomic E-state index is -0.187. The highest BCUT2D eigenvalue weighted by molar-refractivity contribution is 7.18. The van der Waals surface area contributed by atoms with E-state index in [4.69, 9.17) is 9.47 Å². The van der Waals surface area contributed by atoms with E-state index in [1.807, 2.05) is 36.1 Å². The quantitative estimate of drug-likeness (QED) is 0.513. The van der Waals surface area contributed by atoms with Crippen molar-refractivity contribution in [3.8, 4) is 11.5 Å². The molecule has 7 nitrogen and oxygen atoms in total. The molecule has 4 rings (SSSR count). The highest BCUT2D eigenvalue weighted by Crippen LogP contribution is 2.29. The number of nitrogens with zero attached hydrogens (tertiary/aromatic N) is 2. The SMILES string of the molecule is CCOc1cc(C(=O)NCCc2nc3ccccc3s2)ccc1OCC(=O)N1CCCCC1. The smallest absolute Gasteiger partial charge is 0.260 e. The first-order chi connectivity index (χ1) is 16.1. The van der Waals surface area contributed by atoms with Crippen LogP contribution in [0.3, 0.4) is 0 Å². The zero-order valence-electron chi connectivity index (χ0n) is 18.8. The fourth-order valence-electron chi connectivity index (χ4n) is 3.82. The largest absolute Gasteiger partial charge is 0.490 e. The summed E-state index contributed by atoms with van der Waals surface area (Å²) in [6, 6.07) is 13.1. The fraction of sp³-hybridized carbons (Fsp3) is 0.400. The minimum Gasteiger partial charge on any atom is -0.490 e. The number of rotatable bonds is 9. The van der Waals surface area contributed by atoms with E-state index in [1.54, 1.807) is 29.5 Å². The van der Waals surface area contributed by atoms with Crippen LogP contribution in [0.5, 0.6) is 11.5 Å². The Labute approximate surface area is 197 Å². The summed E-state index contributed by atoms with van der Waals surface area (Å²) in [5.41, 5.74) is 1.47. The minimum absolute atomic E-state index is 0.0196. The van der Waals surface area contributed by atoms with Crippen molar-refractivity contribution in [3.05, 3.63) is 53.0 Å².